The van der Waals surface area contributed by atoms with Crippen molar-refractivity contribution in [1.82, 2.24) is 20.4 Å². The zero-order valence-corrected chi connectivity index (χ0v) is 9.95. The number of hydrogen-bond acceptors (Lipinski definition) is 4. The van der Waals surface area contributed by atoms with Crippen LogP contribution in [0.3, 0.4) is 0 Å². The molecule has 0 bridgehead atoms. The van der Waals surface area contributed by atoms with Crippen LogP contribution in [-0.4, -0.2) is 35.4 Å². The highest BCUT2D eigenvalue weighted by Gasteiger charge is 2.03. The molecular weight excluding hydrogens is 202 g/mol. The van der Waals surface area contributed by atoms with Crippen LogP contribution in [0.15, 0.2) is 11.1 Å². The fourth-order valence-electron chi connectivity index (χ4n) is 1.85. The van der Waals surface area contributed by atoms with Gasteiger partial charge in [-0.05, 0) is 26.3 Å². The zero-order chi connectivity index (χ0) is 11.4. The average molecular weight is 221 g/mol. The monoisotopic (exact) mass is 221 g/mol. The van der Waals surface area contributed by atoms with Crippen LogP contribution in [0, 0.1) is 13.8 Å². The summed E-state index contributed by atoms with van der Waals surface area (Å²) in [4.78, 5) is 4.27. The maximum atomic E-state index is 4.42. The molecule has 5 nitrogen and oxygen atoms in total. The molecule has 0 spiro atoms. The summed E-state index contributed by atoms with van der Waals surface area (Å²) >= 11 is 0. The molecule has 2 heterocycles. The molecule has 0 aromatic carbocycles. The lowest BCUT2D eigenvalue weighted by Crippen LogP contribution is -2.34. The summed E-state index contributed by atoms with van der Waals surface area (Å²) in [7, 11) is 0. The van der Waals surface area contributed by atoms with Crippen molar-refractivity contribution in [3.05, 3.63) is 17.5 Å². The molecule has 5 heteroatoms. The van der Waals surface area contributed by atoms with Crippen molar-refractivity contribution in [3.63, 3.8) is 0 Å². The predicted molar refractivity (Wildman–Crippen MR) is 64.6 cm³/mol. The lowest BCUT2D eigenvalue weighted by atomic mass is 10.4. The summed E-state index contributed by atoms with van der Waals surface area (Å²) in [5, 5.41) is 10.9. The van der Waals surface area contributed by atoms with Gasteiger partial charge in [-0.3, -0.25) is 9.67 Å². The largest absolute Gasteiger partial charge is 0.356 e. The SMILES string of the molecule is Cc1cc(C)n(CCCNC2=NCCN2)n1. The van der Waals surface area contributed by atoms with Gasteiger partial charge in [-0.2, -0.15) is 5.10 Å². The van der Waals surface area contributed by atoms with E-state index in [2.05, 4.69) is 38.4 Å². The van der Waals surface area contributed by atoms with E-state index in [1.54, 1.807) is 0 Å². The first kappa shape index (κ1) is 11.0. The Kier molecular flexibility index (Phi) is 3.44. The quantitative estimate of drug-likeness (QED) is 0.725. The van der Waals surface area contributed by atoms with Gasteiger partial charge in [0.15, 0.2) is 5.96 Å². The second kappa shape index (κ2) is 5.01. The van der Waals surface area contributed by atoms with Crippen molar-refractivity contribution in [2.24, 2.45) is 4.99 Å². The van der Waals surface area contributed by atoms with Crippen molar-refractivity contribution >= 4 is 5.96 Å². The number of rotatable bonds is 4. The molecule has 0 saturated heterocycles. The molecule has 1 aliphatic heterocycles. The number of hydrogen-bond donors (Lipinski definition) is 2. The van der Waals surface area contributed by atoms with Gasteiger partial charge in [-0.1, -0.05) is 0 Å². The molecule has 2 N–H and O–H groups in total. The van der Waals surface area contributed by atoms with Crippen molar-refractivity contribution in [3.8, 4) is 0 Å². The fraction of sp³-hybridized carbons (Fsp3) is 0.636. The van der Waals surface area contributed by atoms with Crippen LogP contribution in [0.1, 0.15) is 17.8 Å². The maximum absolute atomic E-state index is 4.42. The Balaban J connectivity index is 1.69. The van der Waals surface area contributed by atoms with Gasteiger partial charge in [0.05, 0.1) is 12.2 Å². The first-order valence-corrected chi connectivity index (χ1v) is 5.79. The highest BCUT2D eigenvalue weighted by Crippen LogP contribution is 2.02. The standard InChI is InChI=1S/C11H19N5/c1-9-8-10(2)16(15-9)7-3-4-12-11-13-5-6-14-11/h8H,3-7H2,1-2H3,(H2,12,13,14). The van der Waals surface area contributed by atoms with Gasteiger partial charge < -0.3 is 10.6 Å². The highest BCUT2D eigenvalue weighted by molar-refractivity contribution is 5.81. The normalized spacial score (nSPS) is 14.8. The Hall–Kier alpha value is -1.52. The molecule has 0 saturated carbocycles. The van der Waals surface area contributed by atoms with E-state index in [1.165, 1.54) is 5.69 Å². The number of nitrogens with one attached hydrogen (secondary N) is 2. The first-order chi connectivity index (χ1) is 7.75. The third-order valence-corrected chi connectivity index (χ3v) is 2.62. The second-order valence-corrected chi connectivity index (χ2v) is 4.09. The molecule has 0 aliphatic carbocycles. The van der Waals surface area contributed by atoms with E-state index < -0.39 is 0 Å². The van der Waals surface area contributed by atoms with Gasteiger partial charge in [0.25, 0.3) is 0 Å². The fourth-order valence-corrected chi connectivity index (χ4v) is 1.85. The Morgan fingerprint density at radius 2 is 2.38 bits per heavy atom. The van der Waals surface area contributed by atoms with Crippen LogP contribution in [0.5, 0.6) is 0 Å². The van der Waals surface area contributed by atoms with E-state index in [0.29, 0.717) is 0 Å². The number of aryl methyl sites for hydroxylation is 3. The van der Waals surface area contributed by atoms with Gasteiger partial charge >= 0.3 is 0 Å². The minimum absolute atomic E-state index is 0.889. The molecule has 1 aliphatic rings. The molecule has 88 valence electrons. The van der Waals surface area contributed by atoms with Crippen molar-refractivity contribution in [2.75, 3.05) is 19.6 Å². The molecule has 0 amide bonds. The molecule has 2 rings (SSSR count). The van der Waals surface area contributed by atoms with E-state index in [9.17, 15) is 0 Å². The van der Waals surface area contributed by atoms with Crippen molar-refractivity contribution in [2.45, 2.75) is 26.8 Å². The molecule has 0 unspecified atom stereocenters. The van der Waals surface area contributed by atoms with Gasteiger partial charge in [-0.25, -0.2) is 0 Å². The van der Waals surface area contributed by atoms with E-state index in [1.807, 2.05) is 6.92 Å². The molecule has 16 heavy (non-hydrogen) atoms. The van der Waals surface area contributed by atoms with Gasteiger partial charge in [0, 0.05) is 25.3 Å². The lowest BCUT2D eigenvalue weighted by molar-refractivity contribution is 0.556. The van der Waals surface area contributed by atoms with Crippen LogP contribution in [0.4, 0.5) is 0 Å². The zero-order valence-electron chi connectivity index (χ0n) is 9.95. The number of guanidine groups is 1. The van der Waals surface area contributed by atoms with Crippen molar-refractivity contribution < 1.29 is 0 Å². The molecular formula is C11H19N5. The Morgan fingerprint density at radius 1 is 1.50 bits per heavy atom. The van der Waals surface area contributed by atoms with Crippen LogP contribution in [0.2, 0.25) is 0 Å². The number of aromatic nitrogens is 2. The van der Waals surface area contributed by atoms with Gasteiger partial charge in [0.2, 0.25) is 0 Å². The van der Waals surface area contributed by atoms with Crippen LogP contribution >= 0.6 is 0 Å². The molecule has 0 radical (unpaired) electrons. The van der Waals surface area contributed by atoms with E-state index >= 15 is 0 Å². The van der Waals surface area contributed by atoms with E-state index in [4.69, 9.17) is 0 Å². The topological polar surface area (TPSA) is 54.2 Å². The maximum Gasteiger partial charge on any atom is 0.191 e. The Bertz CT molecular complexity index is 380. The summed E-state index contributed by atoms with van der Waals surface area (Å²) in [6, 6.07) is 2.11. The number of nitrogens with zero attached hydrogens (tertiary/aromatic N) is 3. The molecule has 0 atom stereocenters. The minimum atomic E-state index is 0.889. The summed E-state index contributed by atoms with van der Waals surface area (Å²) < 4.78 is 2.06. The smallest absolute Gasteiger partial charge is 0.191 e. The highest BCUT2D eigenvalue weighted by atomic mass is 15.3. The summed E-state index contributed by atoms with van der Waals surface area (Å²) in [5.41, 5.74) is 2.32. The molecule has 1 aromatic heterocycles. The average Bonchev–Trinajstić information content (AvgIpc) is 2.84. The van der Waals surface area contributed by atoms with Crippen LogP contribution in [0.25, 0.3) is 0 Å². The van der Waals surface area contributed by atoms with E-state index in [-0.39, 0.29) is 0 Å². The lowest BCUT2D eigenvalue weighted by Gasteiger charge is -2.07. The van der Waals surface area contributed by atoms with Crippen molar-refractivity contribution in [1.29, 1.82) is 0 Å². The van der Waals surface area contributed by atoms with Gasteiger partial charge in [0.1, 0.15) is 0 Å². The summed E-state index contributed by atoms with van der Waals surface area (Å²) in [6.07, 6.45) is 1.06. The van der Waals surface area contributed by atoms with E-state index in [0.717, 1.165) is 44.3 Å². The van der Waals surface area contributed by atoms with Gasteiger partial charge in [-0.15, -0.1) is 0 Å². The van der Waals surface area contributed by atoms with Crippen LogP contribution < -0.4 is 10.6 Å². The predicted octanol–water partition coefficient (Wildman–Crippen LogP) is 0.439. The first-order valence-electron chi connectivity index (χ1n) is 5.79. The number of aliphatic imine (C=N–C) groups is 1. The minimum Gasteiger partial charge on any atom is -0.356 e. The Labute approximate surface area is 95.9 Å². The second-order valence-electron chi connectivity index (χ2n) is 4.09. The summed E-state index contributed by atoms with van der Waals surface area (Å²) in [6.45, 7) is 7.86. The molecule has 1 aromatic rings. The van der Waals surface area contributed by atoms with Crippen LogP contribution in [-0.2, 0) is 6.54 Å². The summed E-state index contributed by atoms with van der Waals surface area (Å²) in [5.74, 6) is 0.938. The molecule has 0 fully saturated rings. The third-order valence-electron chi connectivity index (χ3n) is 2.62. The third kappa shape index (κ3) is 2.74. The Morgan fingerprint density at radius 3 is 3.00 bits per heavy atom.